The van der Waals surface area contributed by atoms with E-state index >= 15 is 0 Å². The number of benzene rings is 2. The maximum Gasteiger partial charge on any atom is 0.0704 e. The molecule has 0 spiro atoms. The minimum absolute atomic E-state index is 0.383. The largest absolute Gasteiger partial charge is 0.378 e. The molecule has 2 aromatic carbocycles. The smallest absolute Gasteiger partial charge is 0.0704 e. The Morgan fingerprint density at radius 2 is 1.30 bits per heavy atom. The molecular weight excluding hydrogens is 372 g/mol. The molecule has 164 valence electrons. The Labute approximate surface area is 182 Å². The molecule has 4 nitrogen and oxygen atoms in total. The second-order valence-electron chi connectivity index (χ2n) is 8.59. The van der Waals surface area contributed by atoms with Crippen molar-refractivity contribution in [2.45, 2.75) is 50.9 Å². The van der Waals surface area contributed by atoms with Gasteiger partial charge in [0, 0.05) is 25.7 Å². The highest BCUT2D eigenvalue weighted by Crippen LogP contribution is 2.27. The van der Waals surface area contributed by atoms with E-state index in [0.29, 0.717) is 25.4 Å². The minimum atomic E-state index is 0.383. The van der Waals surface area contributed by atoms with Gasteiger partial charge in [-0.1, -0.05) is 60.7 Å². The summed E-state index contributed by atoms with van der Waals surface area (Å²) in [5.41, 5.74) is 2.78. The van der Waals surface area contributed by atoms with Crippen molar-refractivity contribution in [3.8, 4) is 0 Å². The van der Waals surface area contributed by atoms with Crippen LogP contribution in [0, 0.1) is 0 Å². The molecule has 0 unspecified atom stereocenters. The summed E-state index contributed by atoms with van der Waals surface area (Å²) in [4.78, 5) is 4.80. The van der Waals surface area contributed by atoms with Crippen molar-refractivity contribution in [1.82, 2.24) is 9.80 Å². The quantitative estimate of drug-likeness (QED) is 0.478. The SMILES string of the molecule is CN(C)CCOCCOC1CCC(N(Cc2ccccc2)Cc2ccccc2)CC1. The molecule has 2 aromatic rings. The summed E-state index contributed by atoms with van der Waals surface area (Å²) >= 11 is 0. The topological polar surface area (TPSA) is 24.9 Å². The fourth-order valence-corrected chi connectivity index (χ4v) is 4.15. The molecule has 0 amide bonds. The molecule has 0 N–H and O–H groups in total. The number of ether oxygens (including phenoxy) is 2. The van der Waals surface area contributed by atoms with Crippen LogP contribution in [-0.2, 0) is 22.6 Å². The first-order chi connectivity index (χ1) is 14.7. The van der Waals surface area contributed by atoms with Crippen LogP contribution in [0.1, 0.15) is 36.8 Å². The first-order valence-corrected chi connectivity index (χ1v) is 11.4. The van der Waals surface area contributed by atoms with Crippen LogP contribution in [0.4, 0.5) is 0 Å². The van der Waals surface area contributed by atoms with Gasteiger partial charge in [-0.15, -0.1) is 0 Å². The number of likely N-dealkylation sites (N-methyl/N-ethyl adjacent to an activating group) is 1. The van der Waals surface area contributed by atoms with Crippen LogP contribution in [0.15, 0.2) is 60.7 Å². The van der Waals surface area contributed by atoms with Crippen molar-refractivity contribution in [2.24, 2.45) is 0 Å². The molecule has 1 fully saturated rings. The number of rotatable bonds is 12. The van der Waals surface area contributed by atoms with Gasteiger partial charge in [0.1, 0.15) is 0 Å². The molecule has 0 bridgehead atoms. The molecule has 0 radical (unpaired) electrons. The summed E-state index contributed by atoms with van der Waals surface area (Å²) in [6, 6.07) is 22.3. The van der Waals surface area contributed by atoms with Gasteiger partial charge in [-0.2, -0.15) is 0 Å². The van der Waals surface area contributed by atoms with Gasteiger partial charge in [0.2, 0.25) is 0 Å². The van der Waals surface area contributed by atoms with Gasteiger partial charge < -0.3 is 14.4 Å². The molecule has 30 heavy (non-hydrogen) atoms. The molecule has 1 aliphatic carbocycles. The first kappa shape index (κ1) is 23.0. The maximum atomic E-state index is 6.10. The van der Waals surface area contributed by atoms with Crippen LogP contribution >= 0.6 is 0 Å². The van der Waals surface area contributed by atoms with Crippen molar-refractivity contribution in [1.29, 1.82) is 0 Å². The Morgan fingerprint density at radius 1 is 0.733 bits per heavy atom. The molecule has 0 heterocycles. The van der Waals surface area contributed by atoms with Crippen molar-refractivity contribution in [3.63, 3.8) is 0 Å². The molecule has 1 aliphatic rings. The first-order valence-electron chi connectivity index (χ1n) is 11.4. The molecule has 3 rings (SSSR count). The Kier molecular flexibility index (Phi) is 9.84. The van der Waals surface area contributed by atoms with E-state index in [-0.39, 0.29) is 0 Å². The van der Waals surface area contributed by atoms with E-state index in [1.807, 2.05) is 0 Å². The maximum absolute atomic E-state index is 6.10. The van der Waals surface area contributed by atoms with Crippen LogP contribution < -0.4 is 0 Å². The fourth-order valence-electron chi connectivity index (χ4n) is 4.15. The lowest BCUT2D eigenvalue weighted by molar-refractivity contribution is -0.0246. The van der Waals surface area contributed by atoms with Crippen LogP contribution in [0.5, 0.6) is 0 Å². The summed E-state index contributed by atoms with van der Waals surface area (Å²) in [6.07, 6.45) is 5.07. The third kappa shape index (κ3) is 8.19. The van der Waals surface area contributed by atoms with Gasteiger partial charge in [-0.05, 0) is 50.9 Å². The van der Waals surface area contributed by atoms with Gasteiger partial charge >= 0.3 is 0 Å². The summed E-state index contributed by atoms with van der Waals surface area (Å²) in [7, 11) is 4.13. The normalized spacial score (nSPS) is 19.5. The highest BCUT2D eigenvalue weighted by molar-refractivity contribution is 5.17. The van der Waals surface area contributed by atoms with Crippen LogP contribution in [0.3, 0.4) is 0 Å². The predicted octanol–water partition coefficient (Wildman–Crippen LogP) is 4.59. The monoisotopic (exact) mass is 410 g/mol. The van der Waals surface area contributed by atoms with Crippen molar-refractivity contribution in [2.75, 3.05) is 40.5 Å². The van der Waals surface area contributed by atoms with Gasteiger partial charge in [0.25, 0.3) is 0 Å². The van der Waals surface area contributed by atoms with E-state index in [2.05, 4.69) is 84.6 Å². The second-order valence-corrected chi connectivity index (χ2v) is 8.59. The van der Waals surface area contributed by atoms with Crippen molar-refractivity contribution in [3.05, 3.63) is 71.8 Å². The number of hydrogen-bond acceptors (Lipinski definition) is 4. The van der Waals surface area contributed by atoms with E-state index in [4.69, 9.17) is 9.47 Å². The third-order valence-corrected chi connectivity index (χ3v) is 5.88. The molecule has 0 aliphatic heterocycles. The molecule has 0 saturated heterocycles. The lowest BCUT2D eigenvalue weighted by Gasteiger charge is -2.37. The molecule has 4 heteroatoms. The zero-order chi connectivity index (χ0) is 21.0. The van der Waals surface area contributed by atoms with E-state index in [9.17, 15) is 0 Å². The standard InChI is InChI=1S/C26H38N2O2/c1-27(2)17-18-29-19-20-30-26-15-13-25(14-16-26)28(21-23-9-5-3-6-10-23)22-24-11-7-4-8-12-24/h3-12,25-26H,13-22H2,1-2H3. The van der Waals surface area contributed by atoms with Crippen molar-refractivity contribution >= 4 is 0 Å². The Hall–Kier alpha value is -1.72. The van der Waals surface area contributed by atoms with Crippen LogP contribution in [0.2, 0.25) is 0 Å². The van der Waals surface area contributed by atoms with Gasteiger partial charge in [0.05, 0.1) is 25.9 Å². The highest BCUT2D eigenvalue weighted by Gasteiger charge is 2.26. The average Bonchev–Trinajstić information content (AvgIpc) is 2.77. The second kappa shape index (κ2) is 12.9. The summed E-state index contributed by atoms with van der Waals surface area (Å²) < 4.78 is 11.8. The van der Waals surface area contributed by atoms with Gasteiger partial charge in [0.15, 0.2) is 0 Å². The molecule has 0 atom stereocenters. The zero-order valence-corrected chi connectivity index (χ0v) is 18.7. The Bertz CT molecular complexity index is 643. The number of nitrogens with zero attached hydrogens (tertiary/aromatic N) is 2. The molecule has 0 aromatic heterocycles. The summed E-state index contributed by atoms with van der Waals surface area (Å²) in [5, 5.41) is 0. The van der Waals surface area contributed by atoms with E-state index < -0.39 is 0 Å². The lowest BCUT2D eigenvalue weighted by atomic mass is 9.91. The highest BCUT2D eigenvalue weighted by atomic mass is 16.5. The van der Waals surface area contributed by atoms with Crippen LogP contribution in [0.25, 0.3) is 0 Å². The summed E-state index contributed by atoms with van der Waals surface area (Å²) in [5.74, 6) is 0. The predicted molar refractivity (Wildman–Crippen MR) is 124 cm³/mol. The minimum Gasteiger partial charge on any atom is -0.378 e. The van der Waals surface area contributed by atoms with E-state index in [0.717, 1.165) is 39.1 Å². The van der Waals surface area contributed by atoms with Gasteiger partial charge in [-0.3, -0.25) is 4.90 Å². The molecule has 1 saturated carbocycles. The molecular formula is C26H38N2O2. The third-order valence-electron chi connectivity index (χ3n) is 5.88. The fraction of sp³-hybridized carbons (Fsp3) is 0.538. The summed E-state index contributed by atoms with van der Waals surface area (Å²) in [6.45, 7) is 5.15. The van der Waals surface area contributed by atoms with Crippen LogP contribution in [-0.4, -0.2) is 62.4 Å². The Morgan fingerprint density at radius 3 is 1.83 bits per heavy atom. The zero-order valence-electron chi connectivity index (χ0n) is 18.7. The number of hydrogen-bond donors (Lipinski definition) is 0. The van der Waals surface area contributed by atoms with E-state index in [1.54, 1.807) is 0 Å². The van der Waals surface area contributed by atoms with Crippen molar-refractivity contribution < 1.29 is 9.47 Å². The lowest BCUT2D eigenvalue weighted by Crippen LogP contribution is -2.39. The Balaban J connectivity index is 1.45. The van der Waals surface area contributed by atoms with E-state index in [1.165, 1.54) is 24.0 Å². The average molecular weight is 411 g/mol. The van der Waals surface area contributed by atoms with Gasteiger partial charge in [-0.25, -0.2) is 0 Å².